The van der Waals surface area contributed by atoms with E-state index in [2.05, 4.69) is 5.32 Å². The van der Waals surface area contributed by atoms with E-state index in [4.69, 9.17) is 4.74 Å². The number of benzene rings is 2. The van der Waals surface area contributed by atoms with Gasteiger partial charge in [0.15, 0.2) is 0 Å². The minimum Gasteiger partial charge on any atom is -0.492 e. The van der Waals surface area contributed by atoms with Gasteiger partial charge in [-0.3, -0.25) is 4.79 Å². The van der Waals surface area contributed by atoms with Crippen LogP contribution in [-0.4, -0.2) is 17.6 Å². The van der Waals surface area contributed by atoms with Crippen molar-refractivity contribution in [3.63, 3.8) is 0 Å². The summed E-state index contributed by atoms with van der Waals surface area (Å²) in [5.41, 5.74) is 2.39. The van der Waals surface area contributed by atoms with Crippen LogP contribution in [0.25, 0.3) is 0 Å². The van der Waals surface area contributed by atoms with Crippen LogP contribution in [0.4, 0.5) is 4.39 Å². The first-order chi connectivity index (χ1) is 11.2. The molecule has 2 aromatic rings. The molecule has 4 nitrogen and oxygen atoms in total. The molecule has 1 aliphatic heterocycles. The third kappa shape index (κ3) is 3.51. The van der Waals surface area contributed by atoms with Gasteiger partial charge in [-0.25, -0.2) is 4.39 Å². The van der Waals surface area contributed by atoms with Crippen molar-refractivity contribution < 1.29 is 19.0 Å². The normalized spacial score (nSPS) is 16.3. The summed E-state index contributed by atoms with van der Waals surface area (Å²) in [6, 6.07) is 11.8. The molecule has 2 N–H and O–H groups in total. The number of amides is 1. The van der Waals surface area contributed by atoms with Crippen LogP contribution < -0.4 is 10.1 Å². The summed E-state index contributed by atoms with van der Waals surface area (Å²) < 4.78 is 18.8. The zero-order valence-corrected chi connectivity index (χ0v) is 12.6. The van der Waals surface area contributed by atoms with Gasteiger partial charge in [0.2, 0.25) is 5.91 Å². The fraction of sp³-hybridized carbons (Fsp3) is 0.278. The molecule has 2 aromatic carbocycles. The van der Waals surface area contributed by atoms with E-state index in [9.17, 15) is 14.3 Å². The lowest BCUT2D eigenvalue weighted by atomic mass is 9.95. The SMILES string of the molecule is O=C(NCc1ccccc1CO)C1COc2ccc(F)cc2C1. The van der Waals surface area contributed by atoms with Gasteiger partial charge in [0, 0.05) is 6.54 Å². The number of ether oxygens (including phenoxy) is 1. The van der Waals surface area contributed by atoms with Crippen LogP contribution in [0.3, 0.4) is 0 Å². The number of aliphatic hydroxyl groups excluding tert-OH is 1. The Morgan fingerprint density at radius 3 is 2.83 bits per heavy atom. The van der Waals surface area contributed by atoms with Gasteiger partial charge in [0.1, 0.15) is 18.2 Å². The van der Waals surface area contributed by atoms with Crippen molar-refractivity contribution >= 4 is 5.91 Å². The molecule has 23 heavy (non-hydrogen) atoms. The molecule has 0 saturated heterocycles. The number of carbonyl (C=O) groups is 1. The number of nitrogens with one attached hydrogen (secondary N) is 1. The van der Waals surface area contributed by atoms with E-state index in [1.807, 2.05) is 24.3 Å². The van der Waals surface area contributed by atoms with Gasteiger partial charge in [0.05, 0.1) is 12.5 Å². The molecular formula is C18H18FNO3. The average Bonchev–Trinajstić information content (AvgIpc) is 2.59. The van der Waals surface area contributed by atoms with Crippen LogP contribution >= 0.6 is 0 Å². The van der Waals surface area contributed by atoms with E-state index < -0.39 is 0 Å². The van der Waals surface area contributed by atoms with E-state index in [1.54, 1.807) is 6.07 Å². The fourth-order valence-electron chi connectivity index (χ4n) is 2.74. The van der Waals surface area contributed by atoms with Gasteiger partial charge in [-0.1, -0.05) is 24.3 Å². The van der Waals surface area contributed by atoms with Crippen molar-refractivity contribution in [2.45, 2.75) is 19.6 Å². The van der Waals surface area contributed by atoms with E-state index in [1.165, 1.54) is 12.1 Å². The van der Waals surface area contributed by atoms with Crippen molar-refractivity contribution in [2.24, 2.45) is 5.92 Å². The van der Waals surface area contributed by atoms with Crippen LogP contribution in [0.5, 0.6) is 5.75 Å². The largest absolute Gasteiger partial charge is 0.492 e. The summed E-state index contributed by atoms with van der Waals surface area (Å²) in [4.78, 5) is 12.3. The molecule has 1 heterocycles. The number of carbonyl (C=O) groups excluding carboxylic acids is 1. The van der Waals surface area contributed by atoms with Crippen LogP contribution in [0.15, 0.2) is 42.5 Å². The molecule has 1 aliphatic rings. The van der Waals surface area contributed by atoms with Crippen LogP contribution in [0.2, 0.25) is 0 Å². The molecule has 1 atom stereocenters. The minimum absolute atomic E-state index is 0.0643. The predicted octanol–water partition coefficient (Wildman–Crippen LogP) is 2.19. The quantitative estimate of drug-likeness (QED) is 0.909. The Kier molecular flexibility index (Phi) is 4.57. The van der Waals surface area contributed by atoms with E-state index in [0.717, 1.165) is 11.1 Å². The minimum atomic E-state index is -0.342. The molecule has 0 fully saturated rings. The molecule has 120 valence electrons. The standard InChI is InChI=1S/C18H18FNO3/c19-16-5-6-17-14(8-16)7-15(11-23-17)18(22)20-9-12-3-1-2-4-13(12)10-21/h1-6,8,15,21H,7,9-11H2,(H,20,22). The van der Waals surface area contributed by atoms with Crippen LogP contribution in [0, 0.1) is 11.7 Å². The van der Waals surface area contributed by atoms with Crippen molar-refractivity contribution in [3.8, 4) is 5.75 Å². The summed E-state index contributed by atoms with van der Waals surface area (Å²) in [6.07, 6.45) is 0.459. The summed E-state index contributed by atoms with van der Waals surface area (Å²) in [5, 5.41) is 12.2. The Balaban J connectivity index is 1.63. The third-order valence-electron chi connectivity index (χ3n) is 4.04. The van der Waals surface area contributed by atoms with Crippen LogP contribution in [0.1, 0.15) is 16.7 Å². The highest BCUT2D eigenvalue weighted by molar-refractivity contribution is 5.79. The summed E-state index contributed by atoms with van der Waals surface area (Å²) in [6.45, 7) is 0.569. The van der Waals surface area contributed by atoms with Gasteiger partial charge in [0.25, 0.3) is 0 Å². The van der Waals surface area contributed by atoms with E-state index >= 15 is 0 Å². The Morgan fingerprint density at radius 1 is 1.26 bits per heavy atom. The molecule has 0 aliphatic carbocycles. The second kappa shape index (κ2) is 6.79. The number of halogens is 1. The van der Waals surface area contributed by atoms with Crippen molar-refractivity contribution in [1.29, 1.82) is 0 Å². The zero-order chi connectivity index (χ0) is 16.2. The lowest BCUT2D eigenvalue weighted by Crippen LogP contribution is -2.37. The number of hydrogen-bond acceptors (Lipinski definition) is 3. The van der Waals surface area contributed by atoms with Gasteiger partial charge in [-0.05, 0) is 41.3 Å². The van der Waals surface area contributed by atoms with E-state index in [0.29, 0.717) is 24.3 Å². The third-order valence-corrected chi connectivity index (χ3v) is 4.04. The average molecular weight is 315 g/mol. The molecule has 1 amide bonds. The maximum atomic E-state index is 13.3. The molecule has 0 spiro atoms. The van der Waals surface area contributed by atoms with Crippen molar-refractivity contribution in [3.05, 3.63) is 65.0 Å². The Morgan fingerprint density at radius 2 is 2.04 bits per heavy atom. The highest BCUT2D eigenvalue weighted by Crippen LogP contribution is 2.28. The van der Waals surface area contributed by atoms with Gasteiger partial charge in [-0.2, -0.15) is 0 Å². The lowest BCUT2D eigenvalue weighted by Gasteiger charge is -2.24. The van der Waals surface area contributed by atoms with E-state index in [-0.39, 0.29) is 30.9 Å². The molecule has 0 aromatic heterocycles. The Hall–Kier alpha value is -2.40. The maximum Gasteiger partial charge on any atom is 0.227 e. The van der Waals surface area contributed by atoms with Gasteiger partial charge < -0.3 is 15.2 Å². The smallest absolute Gasteiger partial charge is 0.227 e. The molecule has 1 unspecified atom stereocenters. The van der Waals surface area contributed by atoms with Crippen LogP contribution in [-0.2, 0) is 24.4 Å². The second-order valence-electron chi connectivity index (χ2n) is 5.61. The summed E-state index contributed by atoms with van der Waals surface area (Å²) in [7, 11) is 0. The van der Waals surface area contributed by atoms with Crippen molar-refractivity contribution in [2.75, 3.05) is 6.61 Å². The van der Waals surface area contributed by atoms with Gasteiger partial charge in [-0.15, -0.1) is 0 Å². The lowest BCUT2D eigenvalue weighted by molar-refractivity contribution is -0.126. The fourth-order valence-corrected chi connectivity index (χ4v) is 2.74. The molecule has 3 rings (SSSR count). The second-order valence-corrected chi connectivity index (χ2v) is 5.61. The maximum absolute atomic E-state index is 13.3. The topological polar surface area (TPSA) is 58.6 Å². The molecule has 0 bridgehead atoms. The first-order valence-corrected chi connectivity index (χ1v) is 7.54. The summed E-state index contributed by atoms with van der Waals surface area (Å²) in [5.74, 6) is -0.162. The monoisotopic (exact) mass is 315 g/mol. The summed E-state index contributed by atoms with van der Waals surface area (Å²) >= 11 is 0. The zero-order valence-electron chi connectivity index (χ0n) is 12.6. The number of hydrogen-bond donors (Lipinski definition) is 2. The first-order valence-electron chi connectivity index (χ1n) is 7.54. The van der Waals surface area contributed by atoms with Crippen molar-refractivity contribution in [1.82, 2.24) is 5.32 Å². The van der Waals surface area contributed by atoms with Gasteiger partial charge >= 0.3 is 0 Å². The predicted molar refractivity (Wildman–Crippen MR) is 83.3 cm³/mol. The highest BCUT2D eigenvalue weighted by Gasteiger charge is 2.26. The Bertz CT molecular complexity index is 717. The first kappa shape index (κ1) is 15.5. The number of aliphatic hydroxyl groups is 1. The molecule has 0 radical (unpaired) electrons. The molecular weight excluding hydrogens is 297 g/mol. The number of fused-ring (bicyclic) bond motifs is 1. The molecule has 0 saturated carbocycles. The Labute approximate surface area is 133 Å². The number of rotatable bonds is 4. The molecule has 5 heteroatoms. The highest BCUT2D eigenvalue weighted by atomic mass is 19.1.